The zero-order chi connectivity index (χ0) is 25.1. The Morgan fingerprint density at radius 1 is 1.06 bits per heavy atom. The van der Waals surface area contributed by atoms with Crippen LogP contribution < -0.4 is 4.74 Å². The molecule has 0 bridgehead atoms. The number of nitrogens with zero attached hydrogens (tertiary/aromatic N) is 2. The maximum atomic E-state index is 13.0. The molecule has 1 aliphatic rings. The highest BCUT2D eigenvalue weighted by Gasteiger charge is 2.31. The van der Waals surface area contributed by atoms with Gasteiger partial charge < -0.3 is 9.84 Å². The van der Waals surface area contributed by atoms with Crippen molar-refractivity contribution in [1.29, 1.82) is 0 Å². The largest absolute Gasteiger partial charge is 0.488 e. The maximum Gasteiger partial charge on any atom is 0.335 e. The molecule has 4 rings (SSSR count). The number of rotatable bonds is 6. The first-order valence-electron chi connectivity index (χ1n) is 11.1. The van der Waals surface area contributed by atoms with E-state index in [0.29, 0.717) is 15.8 Å². The molecule has 1 N–H and O–H groups in total. The highest BCUT2D eigenvalue weighted by Crippen LogP contribution is 2.36. The molecule has 1 fully saturated rings. The van der Waals surface area contributed by atoms with Crippen LogP contribution in [0.25, 0.3) is 6.08 Å². The van der Waals surface area contributed by atoms with Crippen LogP contribution in [0, 0.1) is 20.8 Å². The molecule has 178 valence electrons. The predicted octanol–water partition coefficient (Wildman–Crippen LogP) is 6.12. The smallest absolute Gasteiger partial charge is 0.335 e. The molecule has 0 unspecified atom stereocenters. The average molecular weight is 487 g/mol. The van der Waals surface area contributed by atoms with Gasteiger partial charge in [-0.15, -0.1) is 0 Å². The van der Waals surface area contributed by atoms with E-state index in [1.165, 1.54) is 17.3 Å². The van der Waals surface area contributed by atoms with E-state index in [1.54, 1.807) is 36.2 Å². The summed E-state index contributed by atoms with van der Waals surface area (Å²) in [4.78, 5) is 31.0. The summed E-state index contributed by atoms with van der Waals surface area (Å²) in [5.41, 5.74) is 6.07. The van der Waals surface area contributed by atoms with Crippen molar-refractivity contribution in [2.75, 3.05) is 7.05 Å². The summed E-state index contributed by atoms with van der Waals surface area (Å²) in [6.07, 6.45) is 1.82. The Kier molecular flexibility index (Phi) is 7.07. The fourth-order valence-electron chi connectivity index (χ4n) is 3.87. The van der Waals surface area contributed by atoms with Gasteiger partial charge in [-0.25, -0.2) is 9.79 Å². The van der Waals surface area contributed by atoms with E-state index < -0.39 is 5.97 Å². The lowest BCUT2D eigenvalue weighted by Crippen LogP contribution is -2.23. The van der Waals surface area contributed by atoms with Gasteiger partial charge in [0.1, 0.15) is 12.4 Å². The first kappa shape index (κ1) is 24.3. The molecule has 1 amide bonds. The lowest BCUT2D eigenvalue weighted by atomic mass is 10.1. The van der Waals surface area contributed by atoms with Crippen LogP contribution in [0.15, 0.2) is 70.6 Å². The number of amidine groups is 1. The summed E-state index contributed by atoms with van der Waals surface area (Å²) >= 11 is 1.34. The van der Waals surface area contributed by atoms with E-state index in [9.17, 15) is 9.59 Å². The van der Waals surface area contributed by atoms with Gasteiger partial charge in [0.15, 0.2) is 5.17 Å². The van der Waals surface area contributed by atoms with E-state index in [0.717, 1.165) is 27.9 Å². The molecule has 3 aromatic rings. The minimum absolute atomic E-state index is 0.116. The van der Waals surface area contributed by atoms with Crippen LogP contribution in [0.3, 0.4) is 0 Å². The van der Waals surface area contributed by atoms with Crippen LogP contribution in [-0.2, 0) is 11.4 Å². The molecular weight excluding hydrogens is 460 g/mol. The Morgan fingerprint density at radius 3 is 2.37 bits per heavy atom. The Morgan fingerprint density at radius 2 is 1.71 bits per heavy atom. The number of likely N-dealkylation sites (N-methyl/N-ethyl adjacent to an activating group) is 1. The van der Waals surface area contributed by atoms with E-state index in [2.05, 4.69) is 19.1 Å². The number of aromatic carboxylic acids is 1. The Bertz CT molecular complexity index is 1340. The summed E-state index contributed by atoms with van der Waals surface area (Å²) in [5, 5.41) is 9.69. The molecule has 0 atom stereocenters. The van der Waals surface area contributed by atoms with E-state index in [1.807, 2.05) is 44.2 Å². The number of para-hydroxylation sites is 1. The van der Waals surface area contributed by atoms with E-state index >= 15 is 0 Å². The number of carboxylic acid groups (broad SMARTS) is 1. The Balaban J connectivity index is 1.56. The molecule has 0 aromatic heterocycles. The van der Waals surface area contributed by atoms with Gasteiger partial charge >= 0.3 is 5.97 Å². The number of hydrogen-bond acceptors (Lipinski definition) is 5. The van der Waals surface area contributed by atoms with Crippen LogP contribution in [0.5, 0.6) is 5.75 Å². The molecule has 3 aromatic carbocycles. The summed E-state index contributed by atoms with van der Waals surface area (Å²) in [5.74, 6) is -0.446. The van der Waals surface area contributed by atoms with Crippen molar-refractivity contribution in [3.05, 3.63) is 98.9 Å². The summed E-state index contributed by atoms with van der Waals surface area (Å²) in [6.45, 7) is 6.39. The van der Waals surface area contributed by atoms with Crippen molar-refractivity contribution in [2.24, 2.45) is 4.99 Å². The first-order valence-corrected chi connectivity index (χ1v) is 11.9. The predicted molar refractivity (Wildman–Crippen MR) is 140 cm³/mol. The standard InChI is InChI=1S/C28H26N2O4S/c1-17-13-18(2)25(19(3)14-17)29-28-30(4)26(31)24(35-28)15-22-7-5-6-8-23(22)34-16-20-9-11-21(12-10-20)27(32)33/h5-15H,16H2,1-4H3,(H,32,33)/b24-15-,29-28?. The lowest BCUT2D eigenvalue weighted by molar-refractivity contribution is -0.121. The van der Waals surface area contributed by atoms with E-state index in [-0.39, 0.29) is 18.1 Å². The Labute approximate surface area is 209 Å². The third-order valence-electron chi connectivity index (χ3n) is 5.65. The topological polar surface area (TPSA) is 79.2 Å². The lowest BCUT2D eigenvalue weighted by Gasteiger charge is -2.11. The number of ether oxygens (including phenoxy) is 1. The third-order valence-corrected chi connectivity index (χ3v) is 6.71. The molecule has 35 heavy (non-hydrogen) atoms. The summed E-state index contributed by atoms with van der Waals surface area (Å²) in [6, 6.07) is 18.3. The molecule has 1 saturated heterocycles. The number of carbonyl (C=O) groups excluding carboxylic acids is 1. The number of carbonyl (C=O) groups is 2. The minimum Gasteiger partial charge on any atom is -0.488 e. The second kappa shape index (κ2) is 10.2. The van der Waals surface area contributed by atoms with Crippen LogP contribution in [0.4, 0.5) is 5.69 Å². The molecule has 6 nitrogen and oxygen atoms in total. The number of hydrogen-bond donors (Lipinski definition) is 1. The minimum atomic E-state index is -0.964. The van der Waals surface area contributed by atoms with Crippen molar-refractivity contribution in [3.8, 4) is 5.75 Å². The van der Waals surface area contributed by atoms with Gasteiger partial charge in [-0.1, -0.05) is 48.0 Å². The number of amides is 1. The monoisotopic (exact) mass is 486 g/mol. The third kappa shape index (κ3) is 5.46. The molecule has 0 aliphatic carbocycles. The van der Waals surface area contributed by atoms with Crippen molar-refractivity contribution >= 4 is 40.6 Å². The highest BCUT2D eigenvalue weighted by atomic mass is 32.2. The average Bonchev–Trinajstić information content (AvgIpc) is 3.08. The maximum absolute atomic E-state index is 13.0. The zero-order valence-electron chi connectivity index (χ0n) is 20.0. The quantitative estimate of drug-likeness (QED) is 0.425. The van der Waals surface area contributed by atoms with Gasteiger partial charge in [0.2, 0.25) is 0 Å². The number of benzene rings is 3. The molecule has 7 heteroatoms. The number of aliphatic imine (C=N–C) groups is 1. The second-order valence-electron chi connectivity index (χ2n) is 8.45. The van der Waals surface area contributed by atoms with Gasteiger partial charge in [-0.05, 0) is 73.5 Å². The van der Waals surface area contributed by atoms with Crippen molar-refractivity contribution in [2.45, 2.75) is 27.4 Å². The fraction of sp³-hybridized carbons (Fsp3) is 0.179. The van der Waals surface area contributed by atoms with Crippen LogP contribution >= 0.6 is 11.8 Å². The summed E-state index contributed by atoms with van der Waals surface area (Å²) < 4.78 is 6.00. The van der Waals surface area contributed by atoms with Crippen molar-refractivity contribution < 1.29 is 19.4 Å². The van der Waals surface area contributed by atoms with Gasteiger partial charge in [-0.3, -0.25) is 9.69 Å². The molecule has 0 radical (unpaired) electrons. The fourth-order valence-corrected chi connectivity index (χ4v) is 4.84. The van der Waals surface area contributed by atoms with Crippen molar-refractivity contribution in [1.82, 2.24) is 4.90 Å². The molecular formula is C28H26N2O4S. The Hall–Kier alpha value is -3.84. The van der Waals surface area contributed by atoms with Crippen LogP contribution in [0.1, 0.15) is 38.2 Å². The molecule has 1 aliphatic heterocycles. The van der Waals surface area contributed by atoms with Gasteiger partial charge in [0.05, 0.1) is 16.2 Å². The molecule has 0 saturated carbocycles. The number of thioether (sulfide) groups is 1. The zero-order valence-corrected chi connectivity index (χ0v) is 20.8. The normalized spacial score (nSPS) is 15.8. The number of carboxylic acids is 1. The number of aryl methyl sites for hydroxylation is 3. The van der Waals surface area contributed by atoms with Gasteiger partial charge in [0.25, 0.3) is 5.91 Å². The van der Waals surface area contributed by atoms with Crippen LogP contribution in [0.2, 0.25) is 0 Å². The van der Waals surface area contributed by atoms with Gasteiger partial charge in [-0.2, -0.15) is 0 Å². The second-order valence-corrected chi connectivity index (χ2v) is 9.45. The molecule has 0 spiro atoms. The van der Waals surface area contributed by atoms with E-state index in [4.69, 9.17) is 14.8 Å². The SMILES string of the molecule is Cc1cc(C)c(N=C2S/C(=C\c3ccccc3OCc3ccc(C(=O)O)cc3)C(=O)N2C)c(C)c1. The van der Waals surface area contributed by atoms with Gasteiger partial charge in [0, 0.05) is 12.6 Å². The van der Waals surface area contributed by atoms with Crippen molar-refractivity contribution in [3.63, 3.8) is 0 Å². The summed E-state index contributed by atoms with van der Waals surface area (Å²) in [7, 11) is 1.73. The molecule has 1 heterocycles. The van der Waals surface area contributed by atoms with Crippen LogP contribution in [-0.4, -0.2) is 34.1 Å². The highest BCUT2D eigenvalue weighted by molar-refractivity contribution is 8.18. The first-order chi connectivity index (χ1) is 16.7.